The molecule has 5 heteroatoms. The number of carbonyl (C=O) groups excluding carboxylic acids is 1. The molecular weight excluding hydrogens is 325 g/mol. The van der Waals surface area contributed by atoms with Gasteiger partial charge < -0.3 is 4.74 Å². The summed E-state index contributed by atoms with van der Waals surface area (Å²) in [5, 5.41) is 0. The van der Waals surface area contributed by atoms with Crippen LogP contribution in [0.1, 0.15) is 24.3 Å². The number of hydrogen-bond donors (Lipinski definition) is 0. The second kappa shape index (κ2) is 6.32. The van der Waals surface area contributed by atoms with E-state index < -0.39 is 0 Å². The Labute approximate surface area is 107 Å². The second-order valence-electron chi connectivity index (χ2n) is 2.65. The smallest absolute Gasteiger partial charge is 0.358 e. The third-order valence-electron chi connectivity index (χ3n) is 1.59. The normalized spacial score (nSPS) is 10.1. The van der Waals surface area contributed by atoms with Crippen LogP contribution in [-0.2, 0) is 4.74 Å². The van der Waals surface area contributed by atoms with Crippen molar-refractivity contribution in [3.8, 4) is 0 Å². The minimum absolute atomic E-state index is 0.343. The summed E-state index contributed by atoms with van der Waals surface area (Å²) >= 11 is 3.78. The third kappa shape index (κ3) is 3.64. The fraction of sp³-hybridized carbons (Fsp3) is 0.400. The number of halogens is 1. The van der Waals surface area contributed by atoms with Gasteiger partial charge in [-0.2, -0.15) is 0 Å². The molecule has 1 heterocycles. The van der Waals surface area contributed by atoms with E-state index in [1.807, 2.05) is 13.0 Å². The summed E-state index contributed by atoms with van der Waals surface area (Å²) in [7, 11) is 0. The Balaban J connectivity index is 2.99. The van der Waals surface area contributed by atoms with E-state index >= 15 is 0 Å². The molecule has 0 atom stereocenters. The molecule has 0 radical (unpaired) electrons. The summed E-state index contributed by atoms with van der Waals surface area (Å²) in [6.07, 6.45) is 1.67. The highest BCUT2D eigenvalue weighted by Gasteiger charge is 2.14. The predicted octanol–water partition coefficient (Wildman–Crippen LogP) is 2.97. The summed E-state index contributed by atoms with van der Waals surface area (Å²) in [4.78, 5) is 16.6. The number of rotatable bonds is 4. The monoisotopic (exact) mass is 337 g/mol. The molecule has 0 saturated carbocycles. The van der Waals surface area contributed by atoms with Crippen LogP contribution in [-0.4, -0.2) is 23.3 Å². The molecule has 0 unspecified atom stereocenters. The molecule has 0 N–H and O–H groups in total. The first-order valence-corrected chi connectivity index (χ1v) is 6.71. The summed E-state index contributed by atoms with van der Waals surface area (Å²) in [6.45, 7) is 4.21. The zero-order valence-corrected chi connectivity index (χ0v) is 11.6. The van der Waals surface area contributed by atoms with Crippen molar-refractivity contribution in [3.05, 3.63) is 21.5 Å². The highest BCUT2D eigenvalue weighted by atomic mass is 127. The molecule has 0 aliphatic heterocycles. The lowest BCUT2D eigenvalue weighted by molar-refractivity contribution is 0.0515. The molecule has 0 aliphatic carbocycles. The van der Waals surface area contributed by atoms with Gasteiger partial charge in [0, 0.05) is 14.7 Å². The molecule has 0 fully saturated rings. The number of hydrogen-bond acceptors (Lipinski definition) is 4. The van der Waals surface area contributed by atoms with Crippen LogP contribution in [0, 0.1) is 3.57 Å². The highest BCUT2D eigenvalue weighted by molar-refractivity contribution is 14.1. The topological polar surface area (TPSA) is 39.2 Å². The summed E-state index contributed by atoms with van der Waals surface area (Å²) < 4.78 is 5.96. The summed E-state index contributed by atoms with van der Waals surface area (Å²) in [5.74, 6) is 0.568. The Bertz CT molecular complexity index is 357. The first-order chi connectivity index (χ1) is 7.19. The van der Waals surface area contributed by atoms with E-state index in [2.05, 4.69) is 27.6 Å². The lowest BCUT2D eigenvalue weighted by atomic mass is 10.3. The maximum absolute atomic E-state index is 11.6. The molecule has 1 rings (SSSR count). The van der Waals surface area contributed by atoms with Gasteiger partial charge in [-0.3, -0.25) is 0 Å². The third-order valence-corrected chi connectivity index (χ3v) is 3.09. The maximum atomic E-state index is 11.6. The van der Waals surface area contributed by atoms with Gasteiger partial charge in [0.1, 0.15) is 0 Å². The van der Waals surface area contributed by atoms with E-state index in [1.54, 1.807) is 24.9 Å². The van der Waals surface area contributed by atoms with Gasteiger partial charge in [0.05, 0.1) is 6.61 Å². The van der Waals surface area contributed by atoms with E-state index in [0.717, 1.165) is 14.2 Å². The molecule has 1 aromatic rings. The van der Waals surface area contributed by atoms with Crippen LogP contribution >= 0.6 is 34.4 Å². The van der Waals surface area contributed by atoms with Gasteiger partial charge in [-0.05, 0) is 41.3 Å². The zero-order valence-electron chi connectivity index (χ0n) is 8.62. The van der Waals surface area contributed by atoms with E-state index in [0.29, 0.717) is 12.3 Å². The SMILES string of the molecule is CCOC(=O)c1ncc(I)cc1SCC. The van der Waals surface area contributed by atoms with Crippen molar-refractivity contribution in [1.82, 2.24) is 4.98 Å². The molecule has 0 spiro atoms. The Morgan fingerprint density at radius 2 is 2.33 bits per heavy atom. The van der Waals surface area contributed by atoms with Gasteiger partial charge in [-0.1, -0.05) is 6.92 Å². The number of nitrogens with zero attached hydrogens (tertiary/aromatic N) is 1. The Morgan fingerprint density at radius 1 is 1.60 bits per heavy atom. The van der Waals surface area contributed by atoms with Crippen molar-refractivity contribution < 1.29 is 9.53 Å². The number of thioether (sulfide) groups is 1. The van der Waals surface area contributed by atoms with Crippen molar-refractivity contribution in [2.75, 3.05) is 12.4 Å². The maximum Gasteiger partial charge on any atom is 0.358 e. The molecule has 0 aliphatic rings. The number of esters is 1. The molecule has 0 aromatic carbocycles. The van der Waals surface area contributed by atoms with Crippen molar-refractivity contribution >= 4 is 40.3 Å². The first kappa shape index (κ1) is 12.8. The van der Waals surface area contributed by atoms with Crippen LogP contribution in [0.4, 0.5) is 0 Å². The second-order valence-corrected chi connectivity index (χ2v) is 5.21. The van der Waals surface area contributed by atoms with Crippen LogP contribution in [0.15, 0.2) is 17.2 Å². The number of aromatic nitrogens is 1. The number of carbonyl (C=O) groups is 1. The van der Waals surface area contributed by atoms with Crippen molar-refractivity contribution in [1.29, 1.82) is 0 Å². The summed E-state index contributed by atoms with van der Waals surface area (Å²) in [5.41, 5.74) is 0.420. The van der Waals surface area contributed by atoms with Crippen LogP contribution in [0.25, 0.3) is 0 Å². The molecule has 0 bridgehead atoms. The molecular formula is C10H12INO2S. The molecule has 1 aromatic heterocycles. The van der Waals surface area contributed by atoms with Crippen LogP contribution in [0.3, 0.4) is 0 Å². The summed E-state index contributed by atoms with van der Waals surface area (Å²) in [6, 6.07) is 1.95. The standard InChI is InChI=1S/C10H12INO2S/c1-3-14-10(13)9-8(15-4-2)5-7(11)6-12-9/h5-6H,3-4H2,1-2H3. The van der Waals surface area contributed by atoms with Crippen molar-refractivity contribution in [2.45, 2.75) is 18.7 Å². The Kier molecular flexibility index (Phi) is 5.38. The van der Waals surface area contributed by atoms with Crippen molar-refractivity contribution in [3.63, 3.8) is 0 Å². The molecule has 82 valence electrons. The van der Waals surface area contributed by atoms with E-state index in [1.165, 1.54) is 0 Å². The molecule has 3 nitrogen and oxygen atoms in total. The van der Waals surface area contributed by atoms with Crippen LogP contribution in [0.2, 0.25) is 0 Å². The lowest BCUT2D eigenvalue weighted by Crippen LogP contribution is -2.08. The van der Waals surface area contributed by atoms with Crippen LogP contribution < -0.4 is 0 Å². The van der Waals surface area contributed by atoms with Gasteiger partial charge >= 0.3 is 5.97 Å². The first-order valence-electron chi connectivity index (χ1n) is 4.64. The number of ether oxygens (including phenoxy) is 1. The van der Waals surface area contributed by atoms with E-state index in [-0.39, 0.29) is 5.97 Å². The fourth-order valence-electron chi connectivity index (χ4n) is 1.04. The highest BCUT2D eigenvalue weighted by Crippen LogP contribution is 2.23. The zero-order chi connectivity index (χ0) is 11.3. The Hall–Kier alpha value is -0.300. The van der Waals surface area contributed by atoms with Gasteiger partial charge in [0.2, 0.25) is 0 Å². The van der Waals surface area contributed by atoms with Crippen LogP contribution in [0.5, 0.6) is 0 Å². The van der Waals surface area contributed by atoms with Gasteiger partial charge in [-0.25, -0.2) is 9.78 Å². The van der Waals surface area contributed by atoms with Gasteiger partial charge in [-0.15, -0.1) is 11.8 Å². The largest absolute Gasteiger partial charge is 0.461 e. The lowest BCUT2D eigenvalue weighted by Gasteiger charge is -2.06. The minimum atomic E-state index is -0.343. The Morgan fingerprint density at radius 3 is 2.93 bits per heavy atom. The fourth-order valence-corrected chi connectivity index (χ4v) is 2.50. The van der Waals surface area contributed by atoms with E-state index in [4.69, 9.17) is 4.74 Å². The van der Waals surface area contributed by atoms with E-state index in [9.17, 15) is 4.79 Å². The molecule has 0 saturated heterocycles. The molecule has 15 heavy (non-hydrogen) atoms. The van der Waals surface area contributed by atoms with Gasteiger partial charge in [0.25, 0.3) is 0 Å². The van der Waals surface area contributed by atoms with Crippen molar-refractivity contribution in [2.24, 2.45) is 0 Å². The average molecular weight is 337 g/mol. The quantitative estimate of drug-likeness (QED) is 0.481. The number of pyridine rings is 1. The predicted molar refractivity (Wildman–Crippen MR) is 69.3 cm³/mol. The van der Waals surface area contributed by atoms with Gasteiger partial charge in [0.15, 0.2) is 5.69 Å². The minimum Gasteiger partial charge on any atom is -0.461 e. The average Bonchev–Trinajstić information content (AvgIpc) is 2.18. The molecule has 0 amide bonds.